The van der Waals surface area contributed by atoms with Gasteiger partial charge in [-0.1, -0.05) is 88.5 Å². The van der Waals surface area contributed by atoms with Gasteiger partial charge in [-0.2, -0.15) is 0 Å². The Morgan fingerprint density at radius 1 is 0.795 bits per heavy atom. The monoisotopic (exact) mass is 538 g/mol. The Labute approximate surface area is 236 Å². The van der Waals surface area contributed by atoms with Crippen LogP contribution in [0.2, 0.25) is 0 Å². The van der Waals surface area contributed by atoms with Gasteiger partial charge in [-0.3, -0.25) is 9.59 Å². The van der Waals surface area contributed by atoms with E-state index in [1.807, 2.05) is 19.9 Å². The second-order valence-corrected chi connectivity index (χ2v) is 11.0. The first kappa shape index (κ1) is 32.6. The molecule has 1 aromatic rings. The number of fused-ring (bicyclic) bond motifs is 1. The first-order chi connectivity index (χ1) is 18.9. The number of hydrogen-bond acceptors (Lipinski definition) is 5. The molecule has 5 heteroatoms. The molecular formula is C34H50O5. The topological polar surface area (TPSA) is 83.8 Å². The van der Waals surface area contributed by atoms with Gasteiger partial charge in [0, 0.05) is 12.2 Å². The summed E-state index contributed by atoms with van der Waals surface area (Å²) in [7, 11) is 0. The second kappa shape index (κ2) is 18.6. The van der Waals surface area contributed by atoms with Crippen molar-refractivity contribution in [2.75, 3.05) is 6.61 Å². The number of phenols is 2. The van der Waals surface area contributed by atoms with Crippen LogP contribution in [0, 0.1) is 0 Å². The van der Waals surface area contributed by atoms with E-state index in [0.717, 1.165) is 24.8 Å². The molecule has 0 radical (unpaired) electrons. The summed E-state index contributed by atoms with van der Waals surface area (Å²) < 4.78 is 6.12. The van der Waals surface area contributed by atoms with Crippen molar-refractivity contribution in [1.82, 2.24) is 0 Å². The highest BCUT2D eigenvalue weighted by atomic mass is 16.5. The van der Waals surface area contributed by atoms with Crippen LogP contribution in [-0.2, 0) is 4.74 Å². The van der Waals surface area contributed by atoms with Crippen LogP contribution in [0.5, 0.6) is 11.5 Å². The number of ether oxygens (including phenoxy) is 1. The number of aromatic hydroxyl groups is 2. The number of carbonyl (C=O) groups excluding carboxylic acids is 2. The Bertz CT molecular complexity index is 997. The van der Waals surface area contributed by atoms with Gasteiger partial charge < -0.3 is 14.9 Å². The fourth-order valence-electron chi connectivity index (χ4n) is 4.93. The Kier molecular flexibility index (Phi) is 15.5. The van der Waals surface area contributed by atoms with Crippen molar-refractivity contribution in [3.63, 3.8) is 0 Å². The molecule has 0 heterocycles. The fourth-order valence-corrected chi connectivity index (χ4v) is 4.93. The van der Waals surface area contributed by atoms with Gasteiger partial charge in [-0.05, 0) is 70.6 Å². The van der Waals surface area contributed by atoms with E-state index in [9.17, 15) is 19.8 Å². The lowest BCUT2D eigenvalue weighted by molar-refractivity contribution is 0.0670. The van der Waals surface area contributed by atoms with Crippen LogP contribution in [0.4, 0.5) is 0 Å². The molecule has 39 heavy (non-hydrogen) atoms. The highest BCUT2D eigenvalue weighted by Gasteiger charge is 2.34. The summed E-state index contributed by atoms with van der Waals surface area (Å²) >= 11 is 0. The molecule has 1 aromatic carbocycles. The number of carbonyl (C=O) groups is 2. The average molecular weight is 539 g/mol. The van der Waals surface area contributed by atoms with Crippen molar-refractivity contribution in [2.45, 2.75) is 123 Å². The van der Waals surface area contributed by atoms with Crippen LogP contribution < -0.4 is 0 Å². The maximum absolute atomic E-state index is 13.2. The highest BCUT2D eigenvalue weighted by Crippen LogP contribution is 2.36. The number of unbranched alkanes of at least 4 members (excludes halogenated alkanes) is 12. The lowest BCUT2D eigenvalue weighted by Gasteiger charge is -2.24. The minimum atomic E-state index is -0.575. The molecule has 1 aliphatic carbocycles. The molecule has 0 aliphatic heterocycles. The van der Waals surface area contributed by atoms with Crippen LogP contribution in [0.3, 0.4) is 0 Å². The predicted octanol–water partition coefficient (Wildman–Crippen LogP) is 9.18. The summed E-state index contributed by atoms with van der Waals surface area (Å²) in [6.45, 7) is 6.71. The van der Waals surface area contributed by atoms with E-state index in [1.54, 1.807) is 0 Å². The van der Waals surface area contributed by atoms with Crippen molar-refractivity contribution in [2.24, 2.45) is 0 Å². The van der Waals surface area contributed by atoms with E-state index in [1.165, 1.54) is 88.8 Å². The number of ketones is 2. The third-order valence-corrected chi connectivity index (χ3v) is 7.25. The summed E-state index contributed by atoms with van der Waals surface area (Å²) in [5.74, 6) is -1.56. The number of hydrogen-bond donors (Lipinski definition) is 2. The zero-order valence-corrected chi connectivity index (χ0v) is 24.5. The number of rotatable bonds is 20. The molecule has 0 fully saturated rings. The molecule has 0 saturated heterocycles. The summed E-state index contributed by atoms with van der Waals surface area (Å²) in [6.07, 6.45) is 25.1. The zero-order chi connectivity index (χ0) is 28.5. The predicted molar refractivity (Wildman–Crippen MR) is 160 cm³/mol. The number of allylic oxidation sites excluding steroid dienone is 4. The van der Waals surface area contributed by atoms with Crippen molar-refractivity contribution < 1.29 is 24.5 Å². The first-order valence-electron chi connectivity index (χ1n) is 15.1. The van der Waals surface area contributed by atoms with Crippen LogP contribution >= 0.6 is 0 Å². The van der Waals surface area contributed by atoms with Crippen molar-refractivity contribution in [3.05, 3.63) is 58.7 Å². The standard InChI is InChI=1S/C34H50O5/c1-4-5-6-7-8-9-10-11-12-13-14-15-16-17-18-19-24-39-31(23-20-26(2)3)27-25-30(37)32-28(35)21-22-29(36)33(32)34(27)38/h11-12,20-22,25,31,35-36H,4-10,13-19,23-24H2,1-3H3/b12-11-. The second-order valence-electron chi connectivity index (χ2n) is 11.0. The van der Waals surface area contributed by atoms with E-state index >= 15 is 0 Å². The Balaban J connectivity index is 1.70. The summed E-state index contributed by atoms with van der Waals surface area (Å²) in [5.41, 5.74) is 1.05. The maximum Gasteiger partial charge on any atom is 0.196 e. The van der Waals surface area contributed by atoms with Crippen LogP contribution in [0.25, 0.3) is 0 Å². The maximum atomic E-state index is 13.2. The van der Waals surface area contributed by atoms with Crippen molar-refractivity contribution >= 4 is 11.6 Å². The molecule has 1 atom stereocenters. The van der Waals surface area contributed by atoms with Gasteiger partial charge >= 0.3 is 0 Å². The molecule has 0 amide bonds. The van der Waals surface area contributed by atoms with E-state index in [4.69, 9.17) is 4.74 Å². The van der Waals surface area contributed by atoms with E-state index < -0.39 is 17.7 Å². The lowest BCUT2D eigenvalue weighted by Crippen LogP contribution is -2.27. The third kappa shape index (κ3) is 11.5. The quantitative estimate of drug-likeness (QED) is 0.0982. The molecular weight excluding hydrogens is 488 g/mol. The fraction of sp³-hybridized carbons (Fsp3) is 0.588. The van der Waals surface area contributed by atoms with Crippen LogP contribution in [-0.4, -0.2) is 34.5 Å². The largest absolute Gasteiger partial charge is 0.507 e. The number of benzene rings is 1. The van der Waals surface area contributed by atoms with Gasteiger partial charge in [0.15, 0.2) is 11.6 Å². The van der Waals surface area contributed by atoms with Gasteiger partial charge in [0.25, 0.3) is 0 Å². The third-order valence-electron chi connectivity index (χ3n) is 7.25. The zero-order valence-electron chi connectivity index (χ0n) is 24.5. The smallest absolute Gasteiger partial charge is 0.196 e. The SMILES string of the molecule is CCCCCCCC/C=C\CCCCCCCCOC(CC=C(C)C)C1=CC(=O)c2c(O)ccc(O)c2C1=O. The normalized spacial score (nSPS) is 14.0. The van der Waals surface area contributed by atoms with Crippen molar-refractivity contribution in [3.8, 4) is 11.5 Å². The van der Waals surface area contributed by atoms with Gasteiger partial charge in [0.2, 0.25) is 0 Å². The molecule has 2 N–H and O–H groups in total. The molecule has 1 aliphatic rings. The van der Waals surface area contributed by atoms with Gasteiger partial charge in [-0.15, -0.1) is 0 Å². The minimum Gasteiger partial charge on any atom is -0.507 e. The van der Waals surface area contributed by atoms with Gasteiger partial charge in [0.1, 0.15) is 11.5 Å². The van der Waals surface area contributed by atoms with Gasteiger partial charge in [-0.25, -0.2) is 0 Å². The molecule has 5 nitrogen and oxygen atoms in total. The van der Waals surface area contributed by atoms with E-state index in [-0.39, 0.29) is 28.2 Å². The molecule has 216 valence electrons. The number of phenolic OH excluding ortho intramolecular Hbond substituents is 2. The molecule has 2 rings (SSSR count). The summed E-state index contributed by atoms with van der Waals surface area (Å²) in [4.78, 5) is 25.9. The molecule has 0 spiro atoms. The Morgan fingerprint density at radius 3 is 1.92 bits per heavy atom. The summed E-state index contributed by atoms with van der Waals surface area (Å²) in [5, 5.41) is 20.3. The minimum absolute atomic E-state index is 0.138. The summed E-state index contributed by atoms with van der Waals surface area (Å²) in [6, 6.07) is 2.46. The highest BCUT2D eigenvalue weighted by molar-refractivity contribution is 6.27. The molecule has 0 saturated carbocycles. The van der Waals surface area contributed by atoms with Crippen molar-refractivity contribution in [1.29, 1.82) is 0 Å². The van der Waals surface area contributed by atoms with Gasteiger partial charge in [0.05, 0.1) is 17.2 Å². The van der Waals surface area contributed by atoms with Crippen LogP contribution in [0.1, 0.15) is 138 Å². The lowest BCUT2D eigenvalue weighted by atomic mass is 9.85. The van der Waals surface area contributed by atoms with E-state index in [0.29, 0.717) is 13.0 Å². The van der Waals surface area contributed by atoms with Crippen LogP contribution in [0.15, 0.2) is 47.6 Å². The molecule has 1 unspecified atom stereocenters. The molecule has 0 bridgehead atoms. The average Bonchev–Trinajstić information content (AvgIpc) is 2.91. The Morgan fingerprint density at radius 2 is 1.33 bits per heavy atom. The number of Topliss-reactive ketones (excluding diaryl/α,β-unsaturated/α-hetero) is 1. The first-order valence-corrected chi connectivity index (χ1v) is 15.1. The van der Waals surface area contributed by atoms with E-state index in [2.05, 4.69) is 19.1 Å². The molecule has 0 aromatic heterocycles. The Hall–Kier alpha value is -2.66.